The quantitative estimate of drug-likeness (QED) is 0.793. The molecule has 0 aliphatic heterocycles. The molecule has 0 aromatic carbocycles. The minimum Gasteiger partial charge on any atom is -0.373 e. The van der Waals surface area contributed by atoms with Crippen LogP contribution in [0.1, 0.15) is 11.5 Å². The second-order valence-electron chi connectivity index (χ2n) is 4.60. The standard InChI is InChI=1S/C12H23N5/c1-10-8-11(13-2)15-12(14-10)9-17(5)7-6-16(3)4/h8H,6-7,9H2,1-5H3,(H,13,14,15). The van der Waals surface area contributed by atoms with Crippen LogP contribution in [0.5, 0.6) is 0 Å². The number of hydrogen-bond acceptors (Lipinski definition) is 5. The number of aromatic nitrogens is 2. The van der Waals surface area contributed by atoms with Crippen molar-refractivity contribution in [1.29, 1.82) is 0 Å². The minimum absolute atomic E-state index is 0.782. The second-order valence-corrected chi connectivity index (χ2v) is 4.60. The fraction of sp³-hybridized carbons (Fsp3) is 0.667. The van der Waals surface area contributed by atoms with Gasteiger partial charge >= 0.3 is 0 Å². The molecular formula is C12H23N5. The van der Waals surface area contributed by atoms with E-state index in [2.05, 4.69) is 46.2 Å². The smallest absolute Gasteiger partial charge is 0.144 e. The molecule has 0 spiro atoms. The van der Waals surface area contributed by atoms with Gasteiger partial charge in [0.1, 0.15) is 11.6 Å². The van der Waals surface area contributed by atoms with Gasteiger partial charge in [-0.2, -0.15) is 0 Å². The Morgan fingerprint density at radius 1 is 1.18 bits per heavy atom. The van der Waals surface area contributed by atoms with Crippen LogP contribution in [-0.4, -0.2) is 61.0 Å². The van der Waals surface area contributed by atoms with Gasteiger partial charge in [-0.15, -0.1) is 0 Å². The van der Waals surface area contributed by atoms with Crippen LogP contribution in [0.2, 0.25) is 0 Å². The topological polar surface area (TPSA) is 44.3 Å². The molecule has 96 valence electrons. The first-order chi connectivity index (χ1) is 8.01. The molecule has 1 aromatic rings. The van der Waals surface area contributed by atoms with Crippen molar-refractivity contribution in [3.05, 3.63) is 17.6 Å². The van der Waals surface area contributed by atoms with Crippen molar-refractivity contribution in [2.24, 2.45) is 0 Å². The highest BCUT2D eigenvalue weighted by atomic mass is 15.2. The average molecular weight is 237 g/mol. The number of anilines is 1. The lowest BCUT2D eigenvalue weighted by atomic mass is 10.4. The third kappa shape index (κ3) is 5.10. The summed E-state index contributed by atoms with van der Waals surface area (Å²) in [6, 6.07) is 1.95. The summed E-state index contributed by atoms with van der Waals surface area (Å²) >= 11 is 0. The minimum atomic E-state index is 0.782. The SMILES string of the molecule is CNc1cc(C)nc(CN(C)CCN(C)C)n1. The summed E-state index contributed by atoms with van der Waals surface area (Å²) in [6.07, 6.45) is 0. The Labute approximate surface area is 104 Å². The van der Waals surface area contributed by atoms with E-state index in [9.17, 15) is 0 Å². The first-order valence-corrected chi connectivity index (χ1v) is 5.87. The molecule has 1 heterocycles. The number of likely N-dealkylation sites (N-methyl/N-ethyl adjacent to an activating group) is 2. The lowest BCUT2D eigenvalue weighted by molar-refractivity contribution is 0.271. The van der Waals surface area contributed by atoms with E-state index in [1.807, 2.05) is 20.0 Å². The normalized spacial score (nSPS) is 11.2. The van der Waals surface area contributed by atoms with Crippen LogP contribution in [0.3, 0.4) is 0 Å². The highest BCUT2D eigenvalue weighted by Gasteiger charge is 2.05. The molecule has 1 N–H and O–H groups in total. The largest absolute Gasteiger partial charge is 0.373 e. The molecule has 5 heteroatoms. The van der Waals surface area contributed by atoms with Crippen molar-refractivity contribution in [3.63, 3.8) is 0 Å². The van der Waals surface area contributed by atoms with Gasteiger partial charge in [-0.3, -0.25) is 4.90 Å². The Kier molecular flexibility index (Phi) is 5.31. The van der Waals surface area contributed by atoms with E-state index >= 15 is 0 Å². The zero-order chi connectivity index (χ0) is 12.8. The average Bonchev–Trinajstić information content (AvgIpc) is 2.25. The molecule has 0 unspecified atom stereocenters. The molecule has 5 nitrogen and oxygen atoms in total. The maximum Gasteiger partial charge on any atom is 0.144 e. The van der Waals surface area contributed by atoms with Crippen LogP contribution in [-0.2, 0) is 6.54 Å². The number of hydrogen-bond donors (Lipinski definition) is 1. The van der Waals surface area contributed by atoms with E-state index < -0.39 is 0 Å². The molecule has 0 bridgehead atoms. The maximum atomic E-state index is 4.44. The third-order valence-electron chi connectivity index (χ3n) is 2.50. The number of nitrogens with zero attached hydrogens (tertiary/aromatic N) is 4. The highest BCUT2D eigenvalue weighted by Crippen LogP contribution is 2.06. The maximum absolute atomic E-state index is 4.44. The van der Waals surface area contributed by atoms with Crippen LogP contribution in [0, 0.1) is 6.92 Å². The van der Waals surface area contributed by atoms with Crippen LogP contribution in [0.25, 0.3) is 0 Å². The molecule has 0 radical (unpaired) electrons. The molecule has 1 aromatic heterocycles. The predicted molar refractivity (Wildman–Crippen MR) is 71.2 cm³/mol. The number of nitrogens with one attached hydrogen (secondary N) is 1. The van der Waals surface area contributed by atoms with Crippen LogP contribution >= 0.6 is 0 Å². The van der Waals surface area contributed by atoms with Crippen molar-refractivity contribution in [3.8, 4) is 0 Å². The predicted octanol–water partition coefficient (Wildman–Crippen LogP) is 0.820. The van der Waals surface area contributed by atoms with E-state index in [0.717, 1.165) is 37.0 Å². The van der Waals surface area contributed by atoms with Gasteiger partial charge in [-0.1, -0.05) is 0 Å². The van der Waals surface area contributed by atoms with Gasteiger partial charge < -0.3 is 10.2 Å². The Morgan fingerprint density at radius 2 is 1.88 bits per heavy atom. The van der Waals surface area contributed by atoms with E-state index in [4.69, 9.17) is 0 Å². The van der Waals surface area contributed by atoms with E-state index in [1.165, 1.54) is 0 Å². The van der Waals surface area contributed by atoms with E-state index in [0.29, 0.717) is 0 Å². The van der Waals surface area contributed by atoms with Gasteiger partial charge in [-0.25, -0.2) is 9.97 Å². The van der Waals surface area contributed by atoms with Gasteiger partial charge in [0, 0.05) is 31.9 Å². The van der Waals surface area contributed by atoms with Crippen molar-refractivity contribution in [2.75, 3.05) is 46.6 Å². The number of aryl methyl sites for hydroxylation is 1. The first kappa shape index (κ1) is 13.9. The molecule has 0 aliphatic carbocycles. The van der Waals surface area contributed by atoms with Gasteiger partial charge in [0.15, 0.2) is 0 Å². The van der Waals surface area contributed by atoms with Crippen molar-refractivity contribution < 1.29 is 0 Å². The summed E-state index contributed by atoms with van der Waals surface area (Å²) in [5, 5.41) is 3.05. The Morgan fingerprint density at radius 3 is 2.47 bits per heavy atom. The molecule has 0 amide bonds. The van der Waals surface area contributed by atoms with Crippen LogP contribution in [0.15, 0.2) is 6.07 Å². The van der Waals surface area contributed by atoms with E-state index in [-0.39, 0.29) is 0 Å². The van der Waals surface area contributed by atoms with Crippen LogP contribution < -0.4 is 5.32 Å². The molecule has 0 fully saturated rings. The Bertz CT molecular complexity index is 351. The zero-order valence-corrected chi connectivity index (χ0v) is 11.5. The monoisotopic (exact) mass is 237 g/mol. The summed E-state index contributed by atoms with van der Waals surface area (Å²) in [4.78, 5) is 13.3. The van der Waals surface area contributed by atoms with Gasteiger partial charge in [0.05, 0.1) is 6.54 Å². The lowest BCUT2D eigenvalue weighted by Crippen LogP contribution is -2.29. The summed E-state index contributed by atoms with van der Waals surface area (Å²) in [7, 11) is 8.13. The molecule has 1 rings (SSSR count). The molecule has 0 saturated carbocycles. The molecule has 0 atom stereocenters. The molecule has 0 aliphatic rings. The molecular weight excluding hydrogens is 214 g/mol. The zero-order valence-electron chi connectivity index (χ0n) is 11.5. The Balaban J connectivity index is 2.58. The van der Waals surface area contributed by atoms with Gasteiger partial charge in [0.2, 0.25) is 0 Å². The van der Waals surface area contributed by atoms with Crippen molar-refractivity contribution in [1.82, 2.24) is 19.8 Å². The Hall–Kier alpha value is -1.20. The second kappa shape index (κ2) is 6.51. The summed E-state index contributed by atoms with van der Waals surface area (Å²) in [6.45, 7) is 4.83. The van der Waals surface area contributed by atoms with Crippen LogP contribution in [0.4, 0.5) is 5.82 Å². The first-order valence-electron chi connectivity index (χ1n) is 5.87. The third-order valence-corrected chi connectivity index (χ3v) is 2.50. The van der Waals surface area contributed by atoms with Crippen molar-refractivity contribution in [2.45, 2.75) is 13.5 Å². The summed E-state index contributed by atoms with van der Waals surface area (Å²) in [5.41, 5.74) is 1.00. The van der Waals surface area contributed by atoms with Gasteiger partial charge in [0.25, 0.3) is 0 Å². The molecule has 17 heavy (non-hydrogen) atoms. The fourth-order valence-electron chi connectivity index (χ4n) is 1.52. The fourth-order valence-corrected chi connectivity index (χ4v) is 1.52. The number of rotatable bonds is 6. The summed E-state index contributed by atoms with van der Waals surface area (Å²) in [5.74, 6) is 1.75. The van der Waals surface area contributed by atoms with E-state index in [1.54, 1.807) is 0 Å². The summed E-state index contributed by atoms with van der Waals surface area (Å²) < 4.78 is 0. The lowest BCUT2D eigenvalue weighted by Gasteiger charge is -2.18. The van der Waals surface area contributed by atoms with Gasteiger partial charge in [-0.05, 0) is 28.1 Å². The van der Waals surface area contributed by atoms with Crippen molar-refractivity contribution >= 4 is 5.82 Å². The highest BCUT2D eigenvalue weighted by molar-refractivity contribution is 5.34. The molecule has 0 saturated heterocycles.